The Hall–Kier alpha value is -1.04. The van der Waals surface area contributed by atoms with Gasteiger partial charge in [-0.05, 0) is 66.2 Å². The first-order chi connectivity index (χ1) is 18.9. The second-order valence-electron chi connectivity index (χ2n) is 11.7. The summed E-state index contributed by atoms with van der Waals surface area (Å²) in [4.78, 5) is 23.4. The maximum Gasteiger partial charge on any atom is 0.500 e. The lowest BCUT2D eigenvalue weighted by molar-refractivity contribution is -0.155. The van der Waals surface area contributed by atoms with E-state index in [1.807, 2.05) is 41.5 Å². The van der Waals surface area contributed by atoms with Crippen LogP contribution < -0.4 is 0 Å². The fraction of sp³-hybridized carbons (Fsp3) is 0.933. The number of unbranched alkanes of at least 4 members (excludes halogenated alkanes) is 6. The second-order valence-corrected chi connectivity index (χ2v) is 14.7. The van der Waals surface area contributed by atoms with Gasteiger partial charge in [0.1, 0.15) is 6.10 Å². The molecule has 1 rings (SSSR count). The van der Waals surface area contributed by atoms with E-state index in [0.717, 1.165) is 70.4 Å². The number of hydrogen-bond donors (Lipinski definition) is 0. The molecule has 1 heterocycles. The zero-order valence-corrected chi connectivity index (χ0v) is 28.1. The Morgan fingerprint density at radius 1 is 0.700 bits per heavy atom. The third kappa shape index (κ3) is 17.7. The smallest absolute Gasteiger partial charge is 0.465 e. The zero-order valence-electron chi connectivity index (χ0n) is 27.1. The standard InChI is InChI=1S/C17H36O5Si.C13H24O4/c1-7-17(2,3)16(18)22-14-12-10-8-9-11-13-15-23(19-4,20-5)21-6;1-4-13(2,3)12(14)16-8-6-5-7-15-9-11-10-17-11/h7-15H2,1-6H3;11H,4-10H2,1-3H3. The molecular formula is C30H60O9Si. The predicted octanol–water partition coefficient (Wildman–Crippen LogP) is 6.35. The molecule has 0 N–H and O–H groups in total. The molecule has 0 radical (unpaired) electrons. The molecule has 0 aromatic heterocycles. The van der Waals surface area contributed by atoms with Gasteiger partial charge in [-0.1, -0.05) is 39.5 Å². The van der Waals surface area contributed by atoms with Crippen LogP contribution in [-0.4, -0.2) is 81.2 Å². The molecule has 1 fully saturated rings. The summed E-state index contributed by atoms with van der Waals surface area (Å²) in [5.74, 6) is -0.188. The molecule has 0 spiro atoms. The summed E-state index contributed by atoms with van der Waals surface area (Å²) in [5, 5.41) is 0. The molecule has 1 aliphatic rings. The van der Waals surface area contributed by atoms with Crippen LogP contribution in [0.3, 0.4) is 0 Å². The number of carbonyl (C=O) groups excluding carboxylic acids is 2. The molecule has 0 aromatic carbocycles. The minimum atomic E-state index is -2.39. The lowest BCUT2D eigenvalue weighted by Crippen LogP contribution is -2.42. The van der Waals surface area contributed by atoms with Crippen LogP contribution in [0.5, 0.6) is 0 Å². The van der Waals surface area contributed by atoms with Crippen molar-refractivity contribution in [2.75, 3.05) is 54.4 Å². The molecular weight excluding hydrogens is 532 g/mol. The van der Waals surface area contributed by atoms with E-state index in [4.69, 9.17) is 32.2 Å². The van der Waals surface area contributed by atoms with Crippen LogP contribution in [0.15, 0.2) is 0 Å². The lowest BCUT2D eigenvalue weighted by Gasteiger charge is -2.24. The van der Waals surface area contributed by atoms with Crippen LogP contribution in [0.2, 0.25) is 6.04 Å². The molecule has 238 valence electrons. The molecule has 1 unspecified atom stereocenters. The Morgan fingerprint density at radius 2 is 1.10 bits per heavy atom. The van der Waals surface area contributed by atoms with Crippen molar-refractivity contribution in [2.45, 2.75) is 118 Å². The van der Waals surface area contributed by atoms with Crippen LogP contribution in [0.1, 0.15) is 106 Å². The summed E-state index contributed by atoms with van der Waals surface area (Å²) in [5.41, 5.74) is -0.722. The van der Waals surface area contributed by atoms with E-state index in [9.17, 15) is 9.59 Å². The summed E-state index contributed by atoms with van der Waals surface area (Å²) < 4.78 is 37.2. The largest absolute Gasteiger partial charge is 0.500 e. The number of carbonyl (C=O) groups is 2. The van der Waals surface area contributed by atoms with Gasteiger partial charge in [-0.3, -0.25) is 9.59 Å². The fourth-order valence-electron chi connectivity index (χ4n) is 3.40. The van der Waals surface area contributed by atoms with Crippen molar-refractivity contribution >= 4 is 20.7 Å². The van der Waals surface area contributed by atoms with Gasteiger partial charge >= 0.3 is 20.7 Å². The number of ether oxygens (including phenoxy) is 4. The Kier molecular flexibility index (Phi) is 21.1. The van der Waals surface area contributed by atoms with E-state index in [-0.39, 0.29) is 22.8 Å². The highest BCUT2D eigenvalue weighted by Gasteiger charge is 2.36. The Labute approximate surface area is 245 Å². The average Bonchev–Trinajstić information content (AvgIpc) is 3.78. The Balaban J connectivity index is 0.000000793. The molecule has 0 amide bonds. The molecule has 0 bridgehead atoms. The van der Waals surface area contributed by atoms with Crippen molar-refractivity contribution in [1.29, 1.82) is 0 Å². The minimum Gasteiger partial charge on any atom is -0.465 e. The minimum absolute atomic E-state index is 0.0833. The van der Waals surface area contributed by atoms with Crippen LogP contribution >= 0.6 is 0 Å². The van der Waals surface area contributed by atoms with E-state index >= 15 is 0 Å². The summed E-state index contributed by atoms with van der Waals surface area (Å²) in [6.07, 6.45) is 10.3. The summed E-state index contributed by atoms with van der Waals surface area (Å²) >= 11 is 0. The average molecular weight is 593 g/mol. The maximum absolute atomic E-state index is 11.8. The number of rotatable bonds is 23. The monoisotopic (exact) mass is 592 g/mol. The highest BCUT2D eigenvalue weighted by atomic mass is 28.4. The molecule has 1 saturated heterocycles. The van der Waals surface area contributed by atoms with Gasteiger partial charge in [0.05, 0.1) is 37.3 Å². The molecule has 9 nitrogen and oxygen atoms in total. The van der Waals surface area contributed by atoms with Gasteiger partial charge in [-0.15, -0.1) is 0 Å². The van der Waals surface area contributed by atoms with Crippen molar-refractivity contribution in [3.63, 3.8) is 0 Å². The van der Waals surface area contributed by atoms with E-state index in [0.29, 0.717) is 32.5 Å². The van der Waals surface area contributed by atoms with Gasteiger partial charge in [-0.2, -0.15) is 0 Å². The summed E-state index contributed by atoms with van der Waals surface area (Å²) in [7, 11) is 2.57. The molecule has 0 aliphatic carbocycles. The van der Waals surface area contributed by atoms with Crippen molar-refractivity contribution in [2.24, 2.45) is 10.8 Å². The van der Waals surface area contributed by atoms with Crippen LogP contribution in [0, 0.1) is 10.8 Å². The van der Waals surface area contributed by atoms with Crippen molar-refractivity contribution in [1.82, 2.24) is 0 Å². The lowest BCUT2D eigenvalue weighted by atomic mass is 9.91. The summed E-state index contributed by atoms with van der Waals surface area (Å²) in [6, 6.07) is 0.861. The maximum atomic E-state index is 11.8. The van der Waals surface area contributed by atoms with E-state index in [1.165, 1.54) is 6.42 Å². The molecule has 0 aromatic rings. The molecule has 1 aliphatic heterocycles. The first-order valence-electron chi connectivity index (χ1n) is 15.1. The van der Waals surface area contributed by atoms with Crippen molar-refractivity contribution in [3.05, 3.63) is 0 Å². The zero-order chi connectivity index (χ0) is 30.5. The third-order valence-corrected chi connectivity index (χ3v) is 10.4. The van der Waals surface area contributed by atoms with Gasteiger partial charge in [0.2, 0.25) is 0 Å². The van der Waals surface area contributed by atoms with Gasteiger partial charge in [0.15, 0.2) is 0 Å². The van der Waals surface area contributed by atoms with Gasteiger partial charge in [0, 0.05) is 34.0 Å². The van der Waals surface area contributed by atoms with Crippen molar-refractivity contribution in [3.8, 4) is 0 Å². The first kappa shape index (κ1) is 39.0. The normalized spacial score (nSPS) is 15.3. The highest BCUT2D eigenvalue weighted by Crippen LogP contribution is 2.23. The van der Waals surface area contributed by atoms with E-state index in [2.05, 4.69) is 0 Å². The fourth-order valence-corrected chi connectivity index (χ4v) is 5.20. The Morgan fingerprint density at radius 3 is 1.52 bits per heavy atom. The highest BCUT2D eigenvalue weighted by molar-refractivity contribution is 6.60. The Bertz CT molecular complexity index is 653. The molecule has 0 saturated carbocycles. The van der Waals surface area contributed by atoms with Crippen molar-refractivity contribution < 1.29 is 41.8 Å². The van der Waals surface area contributed by atoms with Crippen LogP contribution in [0.4, 0.5) is 0 Å². The van der Waals surface area contributed by atoms with Gasteiger partial charge in [-0.25, -0.2) is 0 Å². The molecule has 10 heteroatoms. The second kappa shape index (κ2) is 21.6. The van der Waals surface area contributed by atoms with Crippen LogP contribution in [0.25, 0.3) is 0 Å². The predicted molar refractivity (Wildman–Crippen MR) is 159 cm³/mol. The molecule has 1 atom stereocenters. The number of hydrogen-bond acceptors (Lipinski definition) is 9. The SMILES string of the molecule is CCC(C)(C)C(=O)OCCCCCCCC[Si](OC)(OC)OC.CCC(C)(C)C(=O)OCCCCOCC1CO1. The first-order valence-corrected chi connectivity index (χ1v) is 17.1. The topological polar surface area (TPSA) is 102 Å². The van der Waals surface area contributed by atoms with Gasteiger partial charge < -0.3 is 32.2 Å². The summed E-state index contributed by atoms with van der Waals surface area (Å²) in [6.45, 7) is 15.0. The third-order valence-electron chi connectivity index (χ3n) is 7.54. The van der Waals surface area contributed by atoms with Gasteiger partial charge in [0.25, 0.3) is 0 Å². The van der Waals surface area contributed by atoms with E-state index in [1.54, 1.807) is 21.3 Å². The quantitative estimate of drug-likeness (QED) is 0.0581. The molecule has 40 heavy (non-hydrogen) atoms. The number of epoxide rings is 1. The van der Waals surface area contributed by atoms with E-state index < -0.39 is 8.80 Å². The number of esters is 2. The van der Waals surface area contributed by atoms with Crippen LogP contribution in [-0.2, 0) is 41.8 Å².